The van der Waals surface area contributed by atoms with Crippen LogP contribution in [0.1, 0.15) is 26.2 Å². The molecular weight excluding hydrogens is 324 g/mol. The Hall–Kier alpha value is -0.510. The molecule has 1 aromatic rings. The summed E-state index contributed by atoms with van der Waals surface area (Å²) < 4.78 is 18.1. The average Bonchev–Trinajstić information content (AvgIpc) is 2.97. The lowest BCUT2D eigenvalue weighted by Gasteiger charge is -2.34. The van der Waals surface area contributed by atoms with Crippen LogP contribution in [0, 0.1) is 17.2 Å². The number of piperidine rings is 1. The number of likely N-dealkylation sites (tertiary alicyclic amines) is 1. The normalized spacial score (nSPS) is 28.5. The number of hydrogen-bond donors (Lipinski definition) is 0. The van der Waals surface area contributed by atoms with Crippen LogP contribution in [0.15, 0.2) is 24.3 Å². The first-order chi connectivity index (χ1) is 10.4. The quantitative estimate of drug-likeness (QED) is 0.728. The maximum atomic E-state index is 12.8. The summed E-state index contributed by atoms with van der Waals surface area (Å²) in [5.74, 6) is 1.07. The van der Waals surface area contributed by atoms with E-state index in [9.17, 15) is 4.39 Å². The molecule has 5 heteroatoms. The Kier molecular flexibility index (Phi) is 4.59. The Balaban J connectivity index is 1.40. The third kappa shape index (κ3) is 3.69. The van der Waals surface area contributed by atoms with E-state index in [1.165, 1.54) is 12.1 Å². The van der Waals surface area contributed by atoms with Crippen LogP contribution in [-0.4, -0.2) is 35.5 Å². The molecule has 2 nitrogen and oxygen atoms in total. The van der Waals surface area contributed by atoms with Gasteiger partial charge in [0, 0.05) is 12.0 Å². The lowest BCUT2D eigenvalue weighted by molar-refractivity contribution is 0.125. The average molecular weight is 346 g/mol. The topological polar surface area (TPSA) is 12.5 Å². The standard InChI is InChI=1S/C17H22Cl2FNO/c1-16(11-17(16,18)19)12-21-8-6-13(7-9-21)10-22-15-4-2-14(20)3-5-15/h2-5,13H,6-12H2,1H3. The van der Waals surface area contributed by atoms with Gasteiger partial charge in [-0.25, -0.2) is 4.39 Å². The molecule has 0 radical (unpaired) electrons. The van der Waals surface area contributed by atoms with Gasteiger partial charge in [-0.15, -0.1) is 23.2 Å². The van der Waals surface area contributed by atoms with E-state index in [2.05, 4.69) is 11.8 Å². The molecule has 22 heavy (non-hydrogen) atoms. The molecule has 1 aromatic carbocycles. The lowest BCUT2D eigenvalue weighted by atomic mass is 9.96. The third-order valence-corrected chi connectivity index (χ3v) is 6.13. The van der Waals surface area contributed by atoms with Gasteiger partial charge < -0.3 is 9.64 Å². The molecule has 0 bridgehead atoms. The number of nitrogens with zero attached hydrogens (tertiary/aromatic N) is 1. The van der Waals surface area contributed by atoms with Crippen LogP contribution < -0.4 is 4.74 Å². The number of ether oxygens (including phenoxy) is 1. The molecular formula is C17H22Cl2FNO. The van der Waals surface area contributed by atoms with Gasteiger partial charge in [0.2, 0.25) is 0 Å². The highest BCUT2D eigenvalue weighted by Crippen LogP contribution is 2.64. The minimum atomic E-state index is -0.532. The molecule has 1 aliphatic heterocycles. The van der Waals surface area contributed by atoms with Crippen molar-refractivity contribution in [3.8, 4) is 5.75 Å². The fraction of sp³-hybridized carbons (Fsp3) is 0.647. The molecule has 1 atom stereocenters. The van der Waals surface area contributed by atoms with Crippen molar-refractivity contribution in [3.05, 3.63) is 30.1 Å². The van der Waals surface area contributed by atoms with E-state index in [0.29, 0.717) is 12.5 Å². The highest BCUT2D eigenvalue weighted by Gasteiger charge is 2.63. The van der Waals surface area contributed by atoms with Crippen molar-refractivity contribution >= 4 is 23.2 Å². The summed E-state index contributed by atoms with van der Waals surface area (Å²) in [5.41, 5.74) is 0.0492. The molecule has 1 saturated heterocycles. The van der Waals surface area contributed by atoms with Gasteiger partial charge in [-0.2, -0.15) is 0 Å². The van der Waals surface area contributed by atoms with E-state index in [4.69, 9.17) is 27.9 Å². The Labute approximate surface area is 141 Å². The summed E-state index contributed by atoms with van der Waals surface area (Å²) in [6, 6.07) is 6.22. The first kappa shape index (κ1) is 16.4. The fourth-order valence-electron chi connectivity index (χ4n) is 3.17. The van der Waals surface area contributed by atoms with Gasteiger partial charge in [-0.1, -0.05) is 6.92 Å². The zero-order chi connectivity index (χ0) is 15.8. The van der Waals surface area contributed by atoms with Crippen LogP contribution in [0.2, 0.25) is 0 Å². The first-order valence-electron chi connectivity index (χ1n) is 7.87. The Morgan fingerprint density at radius 3 is 2.36 bits per heavy atom. The predicted octanol–water partition coefficient (Wildman–Crippen LogP) is 4.50. The van der Waals surface area contributed by atoms with Crippen molar-refractivity contribution in [2.75, 3.05) is 26.2 Å². The van der Waals surface area contributed by atoms with Gasteiger partial charge in [-0.3, -0.25) is 0 Å². The van der Waals surface area contributed by atoms with Crippen molar-refractivity contribution in [2.45, 2.75) is 30.5 Å². The van der Waals surface area contributed by atoms with E-state index in [0.717, 1.165) is 44.6 Å². The van der Waals surface area contributed by atoms with Crippen LogP contribution in [0.25, 0.3) is 0 Å². The summed E-state index contributed by atoms with van der Waals surface area (Å²) in [5, 5.41) is 0. The molecule has 122 valence electrons. The molecule has 0 aromatic heterocycles. The minimum absolute atomic E-state index is 0.0492. The van der Waals surface area contributed by atoms with Crippen LogP contribution in [-0.2, 0) is 0 Å². The summed E-state index contributed by atoms with van der Waals surface area (Å²) in [7, 11) is 0. The Bertz CT molecular complexity index is 514. The van der Waals surface area contributed by atoms with Crippen LogP contribution >= 0.6 is 23.2 Å². The second-order valence-corrected chi connectivity index (χ2v) is 8.41. The van der Waals surface area contributed by atoms with Gasteiger partial charge >= 0.3 is 0 Å². The molecule has 3 rings (SSSR count). The molecule has 0 amide bonds. The number of halogens is 3. The van der Waals surface area contributed by atoms with Crippen LogP contribution in [0.5, 0.6) is 5.75 Å². The Morgan fingerprint density at radius 2 is 1.82 bits per heavy atom. The number of benzene rings is 1. The molecule has 1 unspecified atom stereocenters. The number of rotatable bonds is 5. The molecule has 0 N–H and O–H groups in total. The largest absolute Gasteiger partial charge is 0.493 e. The number of hydrogen-bond acceptors (Lipinski definition) is 2. The van der Waals surface area contributed by atoms with E-state index in [1.54, 1.807) is 12.1 Å². The van der Waals surface area contributed by atoms with Crippen molar-refractivity contribution < 1.29 is 9.13 Å². The summed E-state index contributed by atoms with van der Waals surface area (Å²) in [6.45, 7) is 5.97. The van der Waals surface area contributed by atoms with Crippen molar-refractivity contribution in [1.29, 1.82) is 0 Å². The maximum absolute atomic E-state index is 12.8. The lowest BCUT2D eigenvalue weighted by Crippen LogP contribution is -2.39. The van der Waals surface area contributed by atoms with Gasteiger partial charge in [0.05, 0.1) is 6.61 Å². The van der Waals surface area contributed by atoms with Crippen molar-refractivity contribution in [3.63, 3.8) is 0 Å². The smallest absolute Gasteiger partial charge is 0.125 e. The van der Waals surface area contributed by atoms with Gasteiger partial charge in [0.15, 0.2) is 0 Å². The molecule has 1 saturated carbocycles. The van der Waals surface area contributed by atoms with Gasteiger partial charge in [-0.05, 0) is 62.5 Å². The molecule has 1 aliphatic carbocycles. The van der Waals surface area contributed by atoms with E-state index in [-0.39, 0.29) is 11.2 Å². The predicted molar refractivity (Wildman–Crippen MR) is 88.2 cm³/mol. The van der Waals surface area contributed by atoms with Gasteiger partial charge in [0.1, 0.15) is 15.9 Å². The van der Waals surface area contributed by atoms with Crippen molar-refractivity contribution in [2.24, 2.45) is 11.3 Å². The highest BCUT2D eigenvalue weighted by molar-refractivity contribution is 6.51. The van der Waals surface area contributed by atoms with Crippen LogP contribution in [0.3, 0.4) is 0 Å². The van der Waals surface area contributed by atoms with Gasteiger partial charge in [0.25, 0.3) is 0 Å². The second kappa shape index (κ2) is 6.18. The minimum Gasteiger partial charge on any atom is -0.493 e. The van der Waals surface area contributed by atoms with E-state index >= 15 is 0 Å². The Morgan fingerprint density at radius 1 is 1.23 bits per heavy atom. The molecule has 2 aliphatic rings. The molecule has 2 fully saturated rings. The van der Waals surface area contributed by atoms with E-state index in [1.807, 2.05) is 0 Å². The monoisotopic (exact) mass is 345 g/mol. The van der Waals surface area contributed by atoms with E-state index < -0.39 is 4.33 Å². The fourth-order valence-corrected chi connectivity index (χ4v) is 3.88. The molecule has 0 spiro atoms. The third-order valence-electron chi connectivity index (χ3n) is 4.95. The van der Waals surface area contributed by atoms with Crippen molar-refractivity contribution in [1.82, 2.24) is 4.90 Å². The summed E-state index contributed by atoms with van der Waals surface area (Å²) >= 11 is 12.4. The second-order valence-electron chi connectivity index (χ2n) is 6.93. The maximum Gasteiger partial charge on any atom is 0.125 e. The number of alkyl halides is 2. The summed E-state index contributed by atoms with van der Waals surface area (Å²) in [6.07, 6.45) is 3.13. The SMILES string of the molecule is CC1(CN2CCC(COc3ccc(F)cc3)CC2)CC1(Cl)Cl. The zero-order valence-corrected chi connectivity index (χ0v) is 14.3. The first-order valence-corrected chi connectivity index (χ1v) is 8.62. The molecule has 1 heterocycles. The zero-order valence-electron chi connectivity index (χ0n) is 12.8. The van der Waals surface area contributed by atoms with Crippen LogP contribution in [0.4, 0.5) is 4.39 Å². The summed E-state index contributed by atoms with van der Waals surface area (Å²) in [4.78, 5) is 2.46. The highest BCUT2D eigenvalue weighted by atomic mass is 35.5.